The molecule has 2 saturated heterocycles. The third-order valence-corrected chi connectivity index (χ3v) is 5.19. The number of allylic oxidation sites excluding steroid dienone is 1. The molecule has 6 nitrogen and oxygen atoms in total. The standard InChI is InChI=1S/C17H27NO5S/c1-4-5-6-11(2)7-15(19)22-13-8-12(3)23-17(21,9-13)14-10-24-16(20)18-14/h7,12-14,21H,4-6,8-10H2,1-3H3,(H,18,20)/b11-7-/t12-,13-,14+,17-/m1/s1. The number of hydrogen-bond donors (Lipinski definition) is 2. The molecule has 0 aromatic carbocycles. The minimum absolute atomic E-state index is 0.163. The van der Waals surface area contributed by atoms with Gasteiger partial charge in [0.2, 0.25) is 0 Å². The number of rotatable bonds is 6. The van der Waals surface area contributed by atoms with Gasteiger partial charge in [-0.15, -0.1) is 0 Å². The lowest BCUT2D eigenvalue weighted by molar-refractivity contribution is -0.278. The van der Waals surface area contributed by atoms with Crippen molar-refractivity contribution < 1.29 is 24.2 Å². The SMILES string of the molecule is CCCC/C(C)=C\C(=O)O[C@@H]1C[C@@H](C)O[C@@](O)([C@@H]2CSC(=O)N2)C1. The summed E-state index contributed by atoms with van der Waals surface area (Å²) in [7, 11) is 0. The molecule has 0 aliphatic carbocycles. The lowest BCUT2D eigenvalue weighted by Crippen LogP contribution is -2.58. The van der Waals surface area contributed by atoms with Crippen LogP contribution in [-0.2, 0) is 14.3 Å². The Morgan fingerprint density at radius 1 is 1.58 bits per heavy atom. The highest BCUT2D eigenvalue weighted by atomic mass is 32.2. The number of amides is 1. The second-order valence-electron chi connectivity index (χ2n) is 6.66. The molecule has 2 heterocycles. The van der Waals surface area contributed by atoms with E-state index in [0.29, 0.717) is 12.2 Å². The summed E-state index contributed by atoms with van der Waals surface area (Å²) in [6.45, 7) is 5.86. The minimum atomic E-state index is -1.50. The number of aliphatic hydroxyl groups is 1. The van der Waals surface area contributed by atoms with E-state index in [1.807, 2.05) is 13.8 Å². The summed E-state index contributed by atoms with van der Waals surface area (Å²) in [5.74, 6) is -1.43. The quantitative estimate of drug-likeness (QED) is 0.562. The average Bonchev–Trinajstić information content (AvgIpc) is 2.91. The van der Waals surface area contributed by atoms with Crippen LogP contribution in [0, 0.1) is 0 Å². The van der Waals surface area contributed by atoms with E-state index in [1.165, 1.54) is 6.08 Å². The monoisotopic (exact) mass is 357 g/mol. The van der Waals surface area contributed by atoms with E-state index in [9.17, 15) is 14.7 Å². The number of carbonyl (C=O) groups excluding carboxylic acids is 2. The van der Waals surface area contributed by atoms with Crippen LogP contribution in [0.5, 0.6) is 0 Å². The third-order valence-electron chi connectivity index (χ3n) is 4.31. The van der Waals surface area contributed by atoms with E-state index in [4.69, 9.17) is 9.47 Å². The van der Waals surface area contributed by atoms with Gasteiger partial charge in [-0.05, 0) is 26.7 Å². The molecule has 2 fully saturated rings. The Balaban J connectivity index is 1.95. The predicted octanol–water partition coefficient (Wildman–Crippen LogP) is 2.75. The molecule has 1 amide bonds. The van der Waals surface area contributed by atoms with Crippen molar-refractivity contribution >= 4 is 23.0 Å². The molecule has 2 aliphatic rings. The molecule has 0 spiro atoms. The molecule has 0 bridgehead atoms. The van der Waals surface area contributed by atoms with Crippen molar-refractivity contribution in [1.82, 2.24) is 5.32 Å². The van der Waals surface area contributed by atoms with Crippen molar-refractivity contribution in [2.24, 2.45) is 0 Å². The number of carbonyl (C=O) groups is 2. The second-order valence-corrected chi connectivity index (χ2v) is 7.65. The van der Waals surface area contributed by atoms with E-state index < -0.39 is 17.9 Å². The molecule has 4 atom stereocenters. The molecule has 0 aromatic heterocycles. The number of hydrogen-bond acceptors (Lipinski definition) is 6. The van der Waals surface area contributed by atoms with Gasteiger partial charge in [0.15, 0.2) is 5.79 Å². The normalized spacial score (nSPS) is 34.1. The first-order valence-electron chi connectivity index (χ1n) is 8.53. The molecular formula is C17H27NO5S. The Morgan fingerprint density at radius 3 is 2.96 bits per heavy atom. The van der Waals surface area contributed by atoms with Gasteiger partial charge < -0.3 is 19.9 Å². The van der Waals surface area contributed by atoms with Crippen LogP contribution in [0.4, 0.5) is 4.79 Å². The molecule has 2 N–H and O–H groups in total. The highest BCUT2D eigenvalue weighted by Crippen LogP contribution is 2.35. The first-order chi connectivity index (χ1) is 11.3. The molecule has 0 aromatic rings. The van der Waals surface area contributed by atoms with Crippen LogP contribution in [0.2, 0.25) is 0 Å². The van der Waals surface area contributed by atoms with Gasteiger partial charge in [-0.2, -0.15) is 0 Å². The van der Waals surface area contributed by atoms with Crippen molar-refractivity contribution in [2.45, 2.75) is 76.9 Å². The summed E-state index contributed by atoms with van der Waals surface area (Å²) in [5.41, 5.74) is 0.997. The molecule has 0 unspecified atom stereocenters. The van der Waals surface area contributed by atoms with E-state index in [0.717, 1.165) is 36.6 Å². The Kier molecular flexibility index (Phi) is 6.71. The summed E-state index contributed by atoms with van der Waals surface area (Å²) in [6, 6.07) is -0.485. The fourth-order valence-corrected chi connectivity index (χ4v) is 3.98. The van der Waals surface area contributed by atoms with Gasteiger partial charge >= 0.3 is 5.97 Å². The van der Waals surface area contributed by atoms with Gasteiger partial charge in [-0.1, -0.05) is 30.7 Å². The van der Waals surface area contributed by atoms with Crippen LogP contribution < -0.4 is 5.32 Å². The first kappa shape index (κ1) is 19.3. The van der Waals surface area contributed by atoms with Crippen molar-refractivity contribution in [3.8, 4) is 0 Å². The number of esters is 1. The van der Waals surface area contributed by atoms with Gasteiger partial charge in [0, 0.05) is 24.7 Å². The second kappa shape index (κ2) is 8.36. The Labute approximate surface area is 147 Å². The van der Waals surface area contributed by atoms with Crippen molar-refractivity contribution in [3.63, 3.8) is 0 Å². The van der Waals surface area contributed by atoms with Crippen LogP contribution >= 0.6 is 11.8 Å². The lowest BCUT2D eigenvalue weighted by Gasteiger charge is -2.42. The average molecular weight is 357 g/mol. The molecular weight excluding hydrogens is 330 g/mol. The van der Waals surface area contributed by atoms with E-state index in [1.54, 1.807) is 0 Å². The van der Waals surface area contributed by atoms with Gasteiger partial charge in [-0.3, -0.25) is 4.79 Å². The summed E-state index contributed by atoms with van der Waals surface area (Å²) in [5, 5.41) is 13.3. The molecule has 0 radical (unpaired) electrons. The van der Waals surface area contributed by atoms with E-state index in [2.05, 4.69) is 12.2 Å². The zero-order valence-electron chi connectivity index (χ0n) is 14.5. The van der Waals surface area contributed by atoms with Gasteiger partial charge in [0.05, 0.1) is 12.1 Å². The van der Waals surface area contributed by atoms with Crippen LogP contribution in [0.25, 0.3) is 0 Å². The fraction of sp³-hybridized carbons (Fsp3) is 0.765. The van der Waals surface area contributed by atoms with Gasteiger partial charge in [0.25, 0.3) is 5.24 Å². The maximum Gasteiger partial charge on any atom is 0.330 e. The van der Waals surface area contributed by atoms with Crippen molar-refractivity contribution in [2.75, 3.05) is 5.75 Å². The smallest absolute Gasteiger partial charge is 0.330 e. The summed E-state index contributed by atoms with van der Waals surface area (Å²) in [6.07, 6.45) is 4.55. The number of thioether (sulfide) groups is 1. The summed E-state index contributed by atoms with van der Waals surface area (Å²) >= 11 is 1.12. The van der Waals surface area contributed by atoms with E-state index in [-0.39, 0.29) is 23.7 Å². The Bertz CT molecular complexity index is 509. The Morgan fingerprint density at radius 2 is 2.33 bits per heavy atom. The number of ether oxygens (including phenoxy) is 2. The minimum Gasteiger partial charge on any atom is -0.459 e. The lowest BCUT2D eigenvalue weighted by atomic mass is 9.94. The van der Waals surface area contributed by atoms with Crippen LogP contribution in [0.15, 0.2) is 11.6 Å². The van der Waals surface area contributed by atoms with Crippen LogP contribution in [0.1, 0.15) is 52.9 Å². The van der Waals surface area contributed by atoms with Gasteiger partial charge in [0.1, 0.15) is 6.10 Å². The molecule has 7 heteroatoms. The molecule has 2 rings (SSSR count). The number of unbranched alkanes of at least 4 members (excludes halogenated alkanes) is 1. The largest absolute Gasteiger partial charge is 0.459 e. The Hall–Kier alpha value is -1.05. The molecule has 2 aliphatic heterocycles. The van der Waals surface area contributed by atoms with E-state index >= 15 is 0 Å². The molecule has 136 valence electrons. The maximum absolute atomic E-state index is 12.1. The summed E-state index contributed by atoms with van der Waals surface area (Å²) < 4.78 is 11.2. The van der Waals surface area contributed by atoms with Crippen molar-refractivity contribution in [3.05, 3.63) is 11.6 Å². The fourth-order valence-electron chi connectivity index (χ4n) is 3.09. The van der Waals surface area contributed by atoms with Crippen molar-refractivity contribution in [1.29, 1.82) is 0 Å². The number of nitrogens with one attached hydrogen (secondary N) is 1. The zero-order chi connectivity index (χ0) is 17.7. The van der Waals surface area contributed by atoms with Crippen LogP contribution in [-0.4, -0.2) is 46.1 Å². The zero-order valence-corrected chi connectivity index (χ0v) is 15.4. The van der Waals surface area contributed by atoms with Gasteiger partial charge in [-0.25, -0.2) is 4.79 Å². The highest BCUT2D eigenvalue weighted by molar-refractivity contribution is 8.14. The highest BCUT2D eigenvalue weighted by Gasteiger charge is 2.48. The molecule has 0 saturated carbocycles. The first-order valence-corrected chi connectivity index (χ1v) is 9.52. The van der Waals surface area contributed by atoms with Crippen LogP contribution in [0.3, 0.4) is 0 Å². The topological polar surface area (TPSA) is 84.9 Å². The summed E-state index contributed by atoms with van der Waals surface area (Å²) in [4.78, 5) is 23.5. The predicted molar refractivity (Wildman–Crippen MR) is 92.7 cm³/mol. The maximum atomic E-state index is 12.1. The molecule has 24 heavy (non-hydrogen) atoms. The third kappa shape index (κ3) is 5.22.